The number of anilines is 1. The molecule has 1 rings (SSSR count). The molecule has 0 unspecified atom stereocenters. The van der Waals surface area contributed by atoms with Gasteiger partial charge < -0.3 is 16.0 Å². The van der Waals surface area contributed by atoms with Crippen LogP contribution in [0.15, 0.2) is 24.3 Å². The third kappa shape index (κ3) is 4.47. The Hall–Kier alpha value is -1.39. The highest BCUT2D eigenvalue weighted by Gasteiger charge is 2.17. The molecule has 100 valence electrons. The summed E-state index contributed by atoms with van der Waals surface area (Å²) in [5.41, 5.74) is 7.77. The minimum absolute atomic E-state index is 0.132. The average Bonchev–Trinajstić information content (AvgIpc) is 2.27. The van der Waals surface area contributed by atoms with Gasteiger partial charge in [0.1, 0.15) is 0 Å². The van der Waals surface area contributed by atoms with Gasteiger partial charge in [0.15, 0.2) is 0 Å². The third-order valence-electron chi connectivity index (χ3n) is 2.71. The normalized spacial score (nSPS) is 12.8. The molecule has 0 fully saturated rings. The summed E-state index contributed by atoms with van der Waals surface area (Å²) in [4.78, 5) is 13.9. The number of carbonyl (C=O) groups is 1. The van der Waals surface area contributed by atoms with Crippen LogP contribution in [0.1, 0.15) is 19.4 Å². The summed E-state index contributed by atoms with van der Waals surface area (Å²) in [5.74, 6) is 0.00182. The lowest BCUT2D eigenvalue weighted by atomic mass is 10.0. The van der Waals surface area contributed by atoms with Gasteiger partial charge in [0.2, 0.25) is 5.91 Å². The maximum atomic E-state index is 11.8. The lowest BCUT2D eigenvalue weighted by Crippen LogP contribution is -2.39. The molecule has 0 saturated heterocycles. The van der Waals surface area contributed by atoms with Crippen molar-refractivity contribution in [2.45, 2.75) is 26.4 Å². The van der Waals surface area contributed by atoms with Crippen LogP contribution in [0.25, 0.3) is 0 Å². The van der Waals surface area contributed by atoms with Crippen molar-refractivity contribution in [3.05, 3.63) is 29.8 Å². The van der Waals surface area contributed by atoms with E-state index in [4.69, 9.17) is 5.73 Å². The molecular weight excluding hydrogens is 226 g/mol. The van der Waals surface area contributed by atoms with Crippen LogP contribution in [0.4, 0.5) is 5.69 Å². The molecule has 0 aliphatic carbocycles. The van der Waals surface area contributed by atoms with Crippen molar-refractivity contribution in [2.75, 3.05) is 19.4 Å². The molecule has 1 aromatic carbocycles. The zero-order chi connectivity index (χ0) is 13.7. The Bertz CT molecular complexity index is 402. The van der Waals surface area contributed by atoms with E-state index in [0.29, 0.717) is 0 Å². The van der Waals surface area contributed by atoms with E-state index in [2.05, 4.69) is 10.2 Å². The fourth-order valence-electron chi connectivity index (χ4n) is 1.64. The molecule has 0 heterocycles. The molecule has 1 amide bonds. The molecular formula is C14H23N3O. The first-order valence-electron chi connectivity index (χ1n) is 6.20. The molecule has 0 saturated carbocycles. The Kier molecular flexibility index (Phi) is 5.31. The second kappa shape index (κ2) is 6.52. The molecule has 0 spiro atoms. The fraction of sp³-hybridized carbons (Fsp3) is 0.500. The maximum Gasteiger partial charge on any atom is 0.241 e. The minimum Gasteiger partial charge on any atom is -0.325 e. The molecule has 0 aliphatic rings. The zero-order valence-corrected chi connectivity index (χ0v) is 11.6. The summed E-state index contributed by atoms with van der Waals surface area (Å²) in [6, 6.07) is 7.37. The predicted molar refractivity (Wildman–Crippen MR) is 75.3 cm³/mol. The molecule has 18 heavy (non-hydrogen) atoms. The van der Waals surface area contributed by atoms with Crippen molar-refractivity contribution in [1.29, 1.82) is 0 Å². The first kappa shape index (κ1) is 14.7. The number of hydrogen-bond acceptors (Lipinski definition) is 3. The fourth-order valence-corrected chi connectivity index (χ4v) is 1.64. The van der Waals surface area contributed by atoms with Crippen LogP contribution in [-0.4, -0.2) is 30.9 Å². The number of nitrogens with zero attached hydrogens (tertiary/aromatic N) is 1. The van der Waals surface area contributed by atoms with Crippen LogP contribution < -0.4 is 11.1 Å². The van der Waals surface area contributed by atoms with Crippen LogP contribution in [0, 0.1) is 5.92 Å². The summed E-state index contributed by atoms with van der Waals surface area (Å²) in [5, 5.41) is 2.85. The number of benzene rings is 1. The van der Waals surface area contributed by atoms with Gasteiger partial charge in [-0.05, 0) is 37.7 Å². The van der Waals surface area contributed by atoms with Crippen molar-refractivity contribution >= 4 is 11.6 Å². The summed E-state index contributed by atoms with van der Waals surface area (Å²) in [6.45, 7) is 4.72. The number of hydrogen-bond donors (Lipinski definition) is 2. The highest BCUT2D eigenvalue weighted by atomic mass is 16.2. The van der Waals surface area contributed by atoms with Crippen molar-refractivity contribution in [3.8, 4) is 0 Å². The highest BCUT2D eigenvalue weighted by molar-refractivity contribution is 5.94. The van der Waals surface area contributed by atoms with E-state index in [1.54, 1.807) is 0 Å². The molecule has 4 heteroatoms. The number of nitrogens with one attached hydrogen (secondary N) is 1. The van der Waals surface area contributed by atoms with E-state index < -0.39 is 6.04 Å². The van der Waals surface area contributed by atoms with E-state index in [0.717, 1.165) is 17.8 Å². The second-order valence-electron chi connectivity index (χ2n) is 5.20. The van der Waals surface area contributed by atoms with Gasteiger partial charge in [-0.2, -0.15) is 0 Å². The second-order valence-corrected chi connectivity index (χ2v) is 5.20. The molecule has 1 aromatic rings. The van der Waals surface area contributed by atoms with E-state index in [1.165, 1.54) is 0 Å². The quantitative estimate of drug-likeness (QED) is 0.834. The zero-order valence-electron chi connectivity index (χ0n) is 11.6. The Labute approximate surface area is 109 Å². The molecule has 0 aliphatic heterocycles. The van der Waals surface area contributed by atoms with E-state index >= 15 is 0 Å². The predicted octanol–water partition coefficient (Wildman–Crippen LogP) is 1.67. The maximum absolute atomic E-state index is 11.8. The summed E-state index contributed by atoms with van der Waals surface area (Å²) < 4.78 is 0. The molecule has 0 bridgehead atoms. The summed E-state index contributed by atoms with van der Waals surface area (Å²) in [7, 11) is 4.03. The molecule has 0 radical (unpaired) electrons. The average molecular weight is 249 g/mol. The monoisotopic (exact) mass is 249 g/mol. The Morgan fingerprint density at radius 2 is 2.06 bits per heavy atom. The van der Waals surface area contributed by atoms with Gasteiger partial charge in [-0.1, -0.05) is 26.0 Å². The number of rotatable bonds is 5. The Balaban J connectivity index is 2.70. The van der Waals surface area contributed by atoms with Gasteiger partial charge in [0.05, 0.1) is 6.04 Å². The van der Waals surface area contributed by atoms with Gasteiger partial charge >= 0.3 is 0 Å². The van der Waals surface area contributed by atoms with Crippen LogP contribution in [-0.2, 0) is 11.3 Å². The standard InChI is InChI=1S/C14H23N3O/c1-10(2)13(15)14(18)16-12-7-5-6-11(8-12)9-17(3)4/h5-8,10,13H,9,15H2,1-4H3,(H,16,18)/t13-/m1/s1. The minimum atomic E-state index is -0.470. The highest BCUT2D eigenvalue weighted by Crippen LogP contribution is 2.13. The van der Waals surface area contributed by atoms with Crippen LogP contribution in [0.5, 0.6) is 0 Å². The molecule has 0 aromatic heterocycles. The van der Waals surface area contributed by atoms with E-state index in [1.807, 2.05) is 52.2 Å². The molecule has 4 nitrogen and oxygen atoms in total. The largest absolute Gasteiger partial charge is 0.325 e. The van der Waals surface area contributed by atoms with Crippen molar-refractivity contribution < 1.29 is 4.79 Å². The Morgan fingerprint density at radius 3 is 2.61 bits per heavy atom. The lowest BCUT2D eigenvalue weighted by molar-refractivity contribution is -0.118. The van der Waals surface area contributed by atoms with E-state index in [-0.39, 0.29) is 11.8 Å². The van der Waals surface area contributed by atoms with Crippen molar-refractivity contribution in [2.24, 2.45) is 11.7 Å². The molecule has 1 atom stereocenters. The number of nitrogens with two attached hydrogens (primary N) is 1. The van der Waals surface area contributed by atoms with Crippen LogP contribution in [0.2, 0.25) is 0 Å². The smallest absolute Gasteiger partial charge is 0.241 e. The molecule has 3 N–H and O–H groups in total. The van der Waals surface area contributed by atoms with Gasteiger partial charge in [-0.3, -0.25) is 4.79 Å². The lowest BCUT2D eigenvalue weighted by Gasteiger charge is -2.16. The SMILES string of the molecule is CC(C)[C@@H](N)C(=O)Nc1cccc(CN(C)C)c1. The van der Waals surface area contributed by atoms with Crippen LogP contribution >= 0.6 is 0 Å². The van der Waals surface area contributed by atoms with Crippen LogP contribution in [0.3, 0.4) is 0 Å². The number of carbonyl (C=O) groups excluding carboxylic acids is 1. The third-order valence-corrected chi connectivity index (χ3v) is 2.71. The van der Waals surface area contributed by atoms with Crippen molar-refractivity contribution in [1.82, 2.24) is 4.90 Å². The van der Waals surface area contributed by atoms with Gasteiger partial charge in [-0.15, -0.1) is 0 Å². The van der Waals surface area contributed by atoms with Gasteiger partial charge in [0.25, 0.3) is 0 Å². The Morgan fingerprint density at radius 1 is 1.39 bits per heavy atom. The summed E-state index contributed by atoms with van der Waals surface area (Å²) in [6.07, 6.45) is 0. The summed E-state index contributed by atoms with van der Waals surface area (Å²) >= 11 is 0. The first-order valence-corrected chi connectivity index (χ1v) is 6.20. The topological polar surface area (TPSA) is 58.4 Å². The number of amides is 1. The van der Waals surface area contributed by atoms with Gasteiger partial charge in [-0.25, -0.2) is 0 Å². The first-order chi connectivity index (χ1) is 8.40. The van der Waals surface area contributed by atoms with E-state index in [9.17, 15) is 4.79 Å². The van der Waals surface area contributed by atoms with Gasteiger partial charge in [0, 0.05) is 12.2 Å². The van der Waals surface area contributed by atoms with Crippen molar-refractivity contribution in [3.63, 3.8) is 0 Å².